The van der Waals surface area contributed by atoms with Gasteiger partial charge in [0.15, 0.2) is 0 Å². The number of rotatable bonds is 5. The van der Waals surface area contributed by atoms with Gasteiger partial charge in [-0.05, 0) is 13.8 Å². The van der Waals surface area contributed by atoms with Crippen molar-refractivity contribution in [1.82, 2.24) is 0 Å². The van der Waals surface area contributed by atoms with Crippen molar-refractivity contribution in [3.05, 3.63) is 12.3 Å². The molecule has 0 aromatic heterocycles. The third kappa shape index (κ3) is 7.50. The Labute approximate surface area is 56.5 Å². The average Bonchev–Trinajstić information content (AvgIpc) is 1.89. The first-order valence-electron chi connectivity index (χ1n) is 3.22. The highest BCUT2D eigenvalue weighted by Crippen LogP contribution is 1.78. The van der Waals surface area contributed by atoms with Crippen LogP contribution >= 0.6 is 0 Å². The number of hydrogen-bond donors (Lipinski definition) is 0. The molecule has 2 heteroatoms. The zero-order valence-corrected chi connectivity index (χ0v) is 6.09. The lowest BCUT2D eigenvalue weighted by molar-refractivity contribution is 0.0932. The molecule has 0 atom stereocenters. The van der Waals surface area contributed by atoms with E-state index >= 15 is 0 Å². The maximum atomic E-state index is 5.02. The van der Waals surface area contributed by atoms with Gasteiger partial charge in [-0.3, -0.25) is 0 Å². The van der Waals surface area contributed by atoms with Gasteiger partial charge >= 0.3 is 0 Å². The number of hydrogen-bond acceptors (Lipinski definition) is 2. The zero-order valence-electron chi connectivity index (χ0n) is 6.09. The molecule has 2 nitrogen and oxygen atoms in total. The van der Waals surface area contributed by atoms with E-state index in [0.29, 0.717) is 13.2 Å². The summed E-state index contributed by atoms with van der Waals surface area (Å²) in [7, 11) is 0. The molecule has 0 rings (SSSR count). The predicted octanol–water partition coefficient (Wildman–Crippen LogP) is 1.57. The topological polar surface area (TPSA) is 18.5 Å². The first kappa shape index (κ1) is 8.50. The van der Waals surface area contributed by atoms with Gasteiger partial charge in [0.1, 0.15) is 6.61 Å². The summed E-state index contributed by atoms with van der Waals surface area (Å²) in [5.74, 6) is 0. The molecule has 0 N–H and O–H groups in total. The van der Waals surface area contributed by atoms with Gasteiger partial charge < -0.3 is 9.47 Å². The van der Waals surface area contributed by atoms with Crippen LogP contribution < -0.4 is 0 Å². The first-order chi connectivity index (χ1) is 4.41. The van der Waals surface area contributed by atoms with Crippen LogP contribution in [0, 0.1) is 0 Å². The van der Waals surface area contributed by atoms with Gasteiger partial charge in [0, 0.05) is 6.61 Å². The Bertz CT molecular complexity index is 69.3. The molecule has 0 aliphatic heterocycles. The summed E-state index contributed by atoms with van der Waals surface area (Å²) < 4.78 is 10.0. The molecule has 0 aliphatic rings. The fourth-order valence-electron chi connectivity index (χ4n) is 0.416. The smallest absolute Gasteiger partial charge is 0.111 e. The normalized spacial score (nSPS) is 10.4. The van der Waals surface area contributed by atoms with Crippen LogP contribution in [0.25, 0.3) is 0 Å². The van der Waals surface area contributed by atoms with Crippen molar-refractivity contribution in [3.8, 4) is 0 Å². The van der Waals surface area contributed by atoms with E-state index in [9.17, 15) is 0 Å². The van der Waals surface area contributed by atoms with Crippen LogP contribution in [-0.2, 0) is 9.47 Å². The summed E-state index contributed by atoms with van der Waals surface area (Å²) in [4.78, 5) is 0. The minimum Gasteiger partial charge on any atom is -0.499 e. The monoisotopic (exact) mass is 130 g/mol. The Kier molecular flexibility index (Phi) is 7.08. The molecule has 0 radical (unpaired) electrons. The molecular formula is C7H14O2. The molecule has 54 valence electrons. The van der Waals surface area contributed by atoms with Gasteiger partial charge in [0.25, 0.3) is 0 Å². The molecule has 0 saturated heterocycles. The highest BCUT2D eigenvalue weighted by Gasteiger charge is 1.80. The molecule has 0 fully saturated rings. The third-order valence-corrected chi connectivity index (χ3v) is 0.782. The Morgan fingerprint density at radius 1 is 1.33 bits per heavy atom. The molecule has 0 heterocycles. The van der Waals surface area contributed by atoms with Crippen molar-refractivity contribution in [3.63, 3.8) is 0 Å². The molecule has 0 saturated carbocycles. The molecule has 0 unspecified atom stereocenters. The summed E-state index contributed by atoms with van der Waals surface area (Å²) in [6, 6.07) is 0. The van der Waals surface area contributed by atoms with Crippen molar-refractivity contribution in [1.29, 1.82) is 0 Å². The van der Waals surface area contributed by atoms with Gasteiger partial charge in [-0.2, -0.15) is 0 Å². The molecule has 0 spiro atoms. The van der Waals surface area contributed by atoms with Crippen LogP contribution in [-0.4, -0.2) is 19.8 Å². The Morgan fingerprint density at radius 2 is 2.11 bits per heavy atom. The maximum Gasteiger partial charge on any atom is 0.111 e. The van der Waals surface area contributed by atoms with E-state index < -0.39 is 0 Å². The predicted molar refractivity (Wildman–Crippen MR) is 37.3 cm³/mol. The van der Waals surface area contributed by atoms with Crippen LogP contribution in [0.2, 0.25) is 0 Å². The van der Waals surface area contributed by atoms with Crippen molar-refractivity contribution in [2.45, 2.75) is 13.8 Å². The molecule has 9 heavy (non-hydrogen) atoms. The molecule has 0 aromatic rings. The molecular weight excluding hydrogens is 116 g/mol. The second-order valence-corrected chi connectivity index (χ2v) is 1.54. The van der Waals surface area contributed by atoms with E-state index in [1.807, 2.05) is 19.9 Å². The standard InChI is InChI=1S/C7H14O2/c1-3-5-9-7-6-8-4-2/h3,5H,4,6-7H2,1-2H3. The lowest BCUT2D eigenvalue weighted by atomic mass is 10.7. The van der Waals surface area contributed by atoms with Crippen molar-refractivity contribution in [2.24, 2.45) is 0 Å². The largest absolute Gasteiger partial charge is 0.499 e. The van der Waals surface area contributed by atoms with Gasteiger partial charge in [-0.15, -0.1) is 0 Å². The van der Waals surface area contributed by atoms with Crippen LogP contribution in [0.3, 0.4) is 0 Å². The van der Waals surface area contributed by atoms with Crippen LogP contribution in [0.1, 0.15) is 13.8 Å². The third-order valence-electron chi connectivity index (χ3n) is 0.782. The van der Waals surface area contributed by atoms with E-state index in [2.05, 4.69) is 0 Å². The quantitative estimate of drug-likeness (QED) is 0.415. The van der Waals surface area contributed by atoms with Crippen LogP contribution in [0.15, 0.2) is 12.3 Å². The molecule has 0 aliphatic carbocycles. The summed E-state index contributed by atoms with van der Waals surface area (Å²) in [6.45, 7) is 5.98. The van der Waals surface area contributed by atoms with E-state index in [4.69, 9.17) is 9.47 Å². The lowest BCUT2D eigenvalue weighted by Crippen LogP contribution is -1.99. The van der Waals surface area contributed by atoms with Gasteiger partial charge in [-0.1, -0.05) is 6.08 Å². The zero-order chi connectivity index (χ0) is 6.95. The van der Waals surface area contributed by atoms with Crippen molar-refractivity contribution >= 4 is 0 Å². The van der Waals surface area contributed by atoms with E-state index in [0.717, 1.165) is 6.61 Å². The highest BCUT2D eigenvalue weighted by atomic mass is 16.5. The number of ether oxygens (including phenoxy) is 2. The highest BCUT2D eigenvalue weighted by molar-refractivity contribution is 4.64. The average molecular weight is 130 g/mol. The lowest BCUT2D eigenvalue weighted by Gasteiger charge is -1.99. The van der Waals surface area contributed by atoms with Crippen LogP contribution in [0.4, 0.5) is 0 Å². The SMILES string of the molecule is CC=COCCOCC. The second kappa shape index (κ2) is 7.50. The summed E-state index contributed by atoms with van der Waals surface area (Å²) in [5.41, 5.74) is 0. The van der Waals surface area contributed by atoms with Gasteiger partial charge in [0.05, 0.1) is 12.9 Å². The van der Waals surface area contributed by atoms with E-state index in [-0.39, 0.29) is 0 Å². The number of allylic oxidation sites excluding steroid dienone is 1. The maximum absolute atomic E-state index is 5.02. The minimum atomic E-state index is 0.651. The van der Waals surface area contributed by atoms with Crippen LogP contribution in [0.5, 0.6) is 0 Å². The Balaban J connectivity index is 2.75. The fourth-order valence-corrected chi connectivity index (χ4v) is 0.416. The summed E-state index contributed by atoms with van der Waals surface area (Å²) in [5, 5.41) is 0. The second-order valence-electron chi connectivity index (χ2n) is 1.54. The summed E-state index contributed by atoms with van der Waals surface area (Å²) in [6.07, 6.45) is 3.52. The first-order valence-corrected chi connectivity index (χ1v) is 3.22. The van der Waals surface area contributed by atoms with E-state index in [1.54, 1.807) is 6.26 Å². The fraction of sp³-hybridized carbons (Fsp3) is 0.714. The van der Waals surface area contributed by atoms with E-state index in [1.165, 1.54) is 0 Å². The molecule has 0 aromatic carbocycles. The summed E-state index contributed by atoms with van der Waals surface area (Å²) >= 11 is 0. The Hall–Kier alpha value is -0.500. The Morgan fingerprint density at radius 3 is 2.67 bits per heavy atom. The van der Waals surface area contributed by atoms with Gasteiger partial charge in [0.2, 0.25) is 0 Å². The molecule has 0 amide bonds. The van der Waals surface area contributed by atoms with Crippen molar-refractivity contribution in [2.75, 3.05) is 19.8 Å². The molecule has 0 bridgehead atoms. The van der Waals surface area contributed by atoms with Gasteiger partial charge in [-0.25, -0.2) is 0 Å². The van der Waals surface area contributed by atoms with Crippen molar-refractivity contribution < 1.29 is 9.47 Å². The minimum absolute atomic E-state index is 0.651.